The summed E-state index contributed by atoms with van der Waals surface area (Å²) in [5, 5.41) is 12.3. The molecule has 0 bridgehead atoms. The molecule has 1 aromatic heterocycles. The summed E-state index contributed by atoms with van der Waals surface area (Å²) in [6, 6.07) is 1.92. The highest BCUT2D eigenvalue weighted by Gasteiger charge is 2.26. The van der Waals surface area contributed by atoms with Gasteiger partial charge >= 0.3 is 5.97 Å². The van der Waals surface area contributed by atoms with E-state index < -0.39 is 5.97 Å². The van der Waals surface area contributed by atoms with Crippen LogP contribution < -0.4 is 11.1 Å². The molecular formula is C11H16N2O2S. The topological polar surface area (TPSA) is 75.3 Å². The molecule has 16 heavy (non-hydrogen) atoms. The van der Waals surface area contributed by atoms with Crippen LogP contribution in [0.3, 0.4) is 0 Å². The van der Waals surface area contributed by atoms with Gasteiger partial charge < -0.3 is 16.2 Å². The van der Waals surface area contributed by atoms with Gasteiger partial charge in [-0.05, 0) is 26.0 Å². The second-order valence-corrected chi connectivity index (χ2v) is 5.47. The number of thiophene rings is 1. The third-order valence-corrected chi connectivity index (χ3v) is 4.25. The SMILES string of the molecule is Cc1sc(C2CNCCC2N)cc1C(=O)O. The summed E-state index contributed by atoms with van der Waals surface area (Å²) < 4.78 is 0. The molecular weight excluding hydrogens is 224 g/mol. The zero-order valence-electron chi connectivity index (χ0n) is 9.19. The first-order chi connectivity index (χ1) is 7.59. The van der Waals surface area contributed by atoms with Crippen molar-refractivity contribution in [2.75, 3.05) is 13.1 Å². The molecule has 1 saturated heterocycles. The summed E-state index contributed by atoms with van der Waals surface area (Å²) in [6.45, 7) is 3.65. The van der Waals surface area contributed by atoms with E-state index in [0.717, 1.165) is 29.3 Å². The van der Waals surface area contributed by atoms with Crippen molar-refractivity contribution in [3.8, 4) is 0 Å². The van der Waals surface area contributed by atoms with Gasteiger partial charge in [-0.15, -0.1) is 11.3 Å². The molecule has 0 amide bonds. The fourth-order valence-electron chi connectivity index (χ4n) is 2.09. The first-order valence-electron chi connectivity index (χ1n) is 5.39. The molecule has 0 radical (unpaired) electrons. The van der Waals surface area contributed by atoms with Gasteiger partial charge in [0.05, 0.1) is 5.56 Å². The summed E-state index contributed by atoms with van der Waals surface area (Å²) in [7, 11) is 0. The van der Waals surface area contributed by atoms with Crippen LogP contribution in [0.2, 0.25) is 0 Å². The van der Waals surface area contributed by atoms with Gasteiger partial charge in [0, 0.05) is 28.3 Å². The van der Waals surface area contributed by atoms with E-state index in [4.69, 9.17) is 10.8 Å². The minimum Gasteiger partial charge on any atom is -0.478 e. The summed E-state index contributed by atoms with van der Waals surface area (Å²) in [4.78, 5) is 12.9. The second kappa shape index (κ2) is 4.53. The number of aryl methyl sites for hydroxylation is 1. The number of piperidine rings is 1. The lowest BCUT2D eigenvalue weighted by Gasteiger charge is -2.28. The number of hydrogen-bond donors (Lipinski definition) is 3. The Bertz CT molecular complexity index is 403. The third kappa shape index (κ3) is 2.11. The Morgan fingerprint density at radius 3 is 3.00 bits per heavy atom. The first kappa shape index (κ1) is 11.6. The molecule has 2 unspecified atom stereocenters. The summed E-state index contributed by atoms with van der Waals surface area (Å²) in [5.41, 5.74) is 6.48. The molecule has 1 aromatic rings. The van der Waals surface area contributed by atoms with Crippen LogP contribution in [-0.2, 0) is 0 Å². The quantitative estimate of drug-likeness (QED) is 0.725. The fourth-order valence-corrected chi connectivity index (χ4v) is 3.29. The van der Waals surface area contributed by atoms with Crippen molar-refractivity contribution in [2.45, 2.75) is 25.3 Å². The van der Waals surface area contributed by atoms with Gasteiger partial charge in [-0.1, -0.05) is 0 Å². The zero-order chi connectivity index (χ0) is 11.7. The van der Waals surface area contributed by atoms with Crippen molar-refractivity contribution in [3.63, 3.8) is 0 Å². The minimum atomic E-state index is -0.850. The number of hydrogen-bond acceptors (Lipinski definition) is 4. The summed E-state index contributed by atoms with van der Waals surface area (Å²) >= 11 is 1.55. The predicted molar refractivity (Wildman–Crippen MR) is 64.2 cm³/mol. The monoisotopic (exact) mass is 240 g/mol. The molecule has 2 heterocycles. The van der Waals surface area contributed by atoms with E-state index in [9.17, 15) is 4.79 Å². The summed E-state index contributed by atoms with van der Waals surface area (Å²) in [6.07, 6.45) is 0.948. The van der Waals surface area contributed by atoms with Gasteiger partial charge in [0.15, 0.2) is 0 Å². The number of nitrogens with two attached hydrogens (primary N) is 1. The van der Waals surface area contributed by atoms with E-state index in [1.165, 1.54) is 0 Å². The molecule has 1 aliphatic heterocycles. The minimum absolute atomic E-state index is 0.140. The standard InChI is InChI=1S/C11H16N2O2S/c1-6-7(11(14)15)4-10(16-6)8-5-13-3-2-9(8)12/h4,8-9,13H,2-3,5,12H2,1H3,(H,14,15). The van der Waals surface area contributed by atoms with E-state index in [0.29, 0.717) is 5.56 Å². The molecule has 0 aliphatic carbocycles. The average Bonchev–Trinajstić information content (AvgIpc) is 2.61. The lowest BCUT2D eigenvalue weighted by Crippen LogP contribution is -2.42. The molecule has 88 valence electrons. The van der Waals surface area contributed by atoms with Crippen LogP contribution in [0.25, 0.3) is 0 Å². The molecule has 4 nitrogen and oxygen atoms in total. The number of carboxylic acid groups (broad SMARTS) is 1. The van der Waals surface area contributed by atoms with Gasteiger partial charge in [0.25, 0.3) is 0 Å². The summed E-state index contributed by atoms with van der Waals surface area (Å²) in [5.74, 6) is -0.595. The highest BCUT2D eigenvalue weighted by molar-refractivity contribution is 7.12. The Morgan fingerprint density at radius 1 is 1.69 bits per heavy atom. The Morgan fingerprint density at radius 2 is 2.44 bits per heavy atom. The highest BCUT2D eigenvalue weighted by Crippen LogP contribution is 2.31. The highest BCUT2D eigenvalue weighted by atomic mass is 32.1. The normalized spacial score (nSPS) is 25.6. The van der Waals surface area contributed by atoms with E-state index in [1.54, 1.807) is 17.4 Å². The van der Waals surface area contributed by atoms with Crippen molar-refractivity contribution in [1.29, 1.82) is 0 Å². The largest absolute Gasteiger partial charge is 0.478 e. The number of nitrogens with one attached hydrogen (secondary N) is 1. The maximum atomic E-state index is 11.0. The van der Waals surface area contributed by atoms with Crippen molar-refractivity contribution >= 4 is 17.3 Å². The molecule has 1 fully saturated rings. The van der Waals surface area contributed by atoms with Gasteiger partial charge in [0.1, 0.15) is 0 Å². The zero-order valence-corrected chi connectivity index (χ0v) is 10.0. The lowest BCUT2D eigenvalue weighted by atomic mass is 9.92. The van der Waals surface area contributed by atoms with Crippen molar-refractivity contribution in [1.82, 2.24) is 5.32 Å². The number of carboxylic acids is 1. The van der Waals surface area contributed by atoms with Crippen molar-refractivity contribution < 1.29 is 9.90 Å². The molecule has 0 spiro atoms. The van der Waals surface area contributed by atoms with Crippen LogP contribution in [0.5, 0.6) is 0 Å². The Kier molecular flexibility index (Phi) is 3.28. The third-order valence-electron chi connectivity index (χ3n) is 3.07. The van der Waals surface area contributed by atoms with Gasteiger partial charge in [-0.25, -0.2) is 4.79 Å². The molecule has 2 rings (SSSR count). The van der Waals surface area contributed by atoms with Crippen LogP contribution in [0.1, 0.15) is 32.5 Å². The van der Waals surface area contributed by atoms with Crippen molar-refractivity contribution in [3.05, 3.63) is 21.4 Å². The lowest BCUT2D eigenvalue weighted by molar-refractivity contribution is 0.0696. The Labute approximate surface area is 98.5 Å². The Balaban J connectivity index is 2.26. The predicted octanol–water partition coefficient (Wildman–Crippen LogP) is 1.16. The van der Waals surface area contributed by atoms with Crippen LogP contribution in [0, 0.1) is 6.92 Å². The van der Waals surface area contributed by atoms with E-state index >= 15 is 0 Å². The second-order valence-electron chi connectivity index (χ2n) is 4.19. The number of carbonyl (C=O) groups is 1. The van der Waals surface area contributed by atoms with E-state index in [-0.39, 0.29) is 12.0 Å². The van der Waals surface area contributed by atoms with E-state index in [2.05, 4.69) is 5.32 Å². The smallest absolute Gasteiger partial charge is 0.336 e. The van der Waals surface area contributed by atoms with Gasteiger partial charge in [0.2, 0.25) is 0 Å². The van der Waals surface area contributed by atoms with Crippen molar-refractivity contribution in [2.24, 2.45) is 5.73 Å². The van der Waals surface area contributed by atoms with Crippen LogP contribution in [-0.4, -0.2) is 30.2 Å². The van der Waals surface area contributed by atoms with Gasteiger partial charge in [-0.3, -0.25) is 0 Å². The average molecular weight is 240 g/mol. The fraction of sp³-hybridized carbons (Fsp3) is 0.545. The maximum absolute atomic E-state index is 11.0. The van der Waals surface area contributed by atoms with Crippen LogP contribution in [0.15, 0.2) is 6.07 Å². The van der Waals surface area contributed by atoms with Gasteiger partial charge in [-0.2, -0.15) is 0 Å². The van der Waals surface area contributed by atoms with E-state index in [1.807, 2.05) is 6.92 Å². The first-order valence-corrected chi connectivity index (χ1v) is 6.21. The number of rotatable bonds is 2. The number of aromatic carboxylic acids is 1. The molecule has 4 N–H and O–H groups in total. The molecule has 5 heteroatoms. The molecule has 0 saturated carbocycles. The molecule has 2 atom stereocenters. The molecule has 0 aromatic carbocycles. The van der Waals surface area contributed by atoms with Crippen LogP contribution >= 0.6 is 11.3 Å². The van der Waals surface area contributed by atoms with Crippen LogP contribution in [0.4, 0.5) is 0 Å². The Hall–Kier alpha value is -0.910. The maximum Gasteiger partial charge on any atom is 0.336 e. The molecule has 1 aliphatic rings.